The molecule has 0 radical (unpaired) electrons. The lowest BCUT2D eigenvalue weighted by atomic mass is 10.2. The largest absolute Gasteiger partial charge is 0.206 e. The Morgan fingerprint density at radius 3 is 2.64 bits per heavy atom. The van der Waals surface area contributed by atoms with Crippen molar-refractivity contribution >= 4 is 27.5 Å². The molecule has 0 heterocycles. The van der Waals surface area contributed by atoms with Gasteiger partial charge < -0.3 is 0 Å². The Bertz CT molecular complexity index is 309. The summed E-state index contributed by atoms with van der Waals surface area (Å²) in [7, 11) is 0. The first kappa shape index (κ1) is 8.51. The van der Waals surface area contributed by atoms with Crippen LogP contribution in [0.4, 0.5) is 4.39 Å². The predicted octanol–water partition coefficient (Wildman–Crippen LogP) is 3.11. The van der Waals surface area contributed by atoms with E-state index in [-0.39, 0.29) is 15.1 Å². The highest BCUT2D eigenvalue weighted by molar-refractivity contribution is 9.10. The molecule has 56 valence electrons. The second-order valence-corrected chi connectivity index (χ2v) is 3.07. The molecular weight excluding hydrogens is 232 g/mol. The summed E-state index contributed by atoms with van der Waals surface area (Å²) >= 11 is 8.49. The van der Waals surface area contributed by atoms with Crippen LogP contribution in [0.25, 0.3) is 0 Å². The summed E-state index contributed by atoms with van der Waals surface area (Å²) in [6.45, 7) is 0. The molecule has 0 spiro atoms. The number of hydrogen-bond acceptors (Lipinski definition) is 1. The zero-order chi connectivity index (χ0) is 8.43. The van der Waals surface area contributed by atoms with Gasteiger partial charge in [0.25, 0.3) is 0 Å². The minimum atomic E-state index is -0.519. The van der Waals surface area contributed by atoms with Crippen LogP contribution in [-0.4, -0.2) is 0 Å². The van der Waals surface area contributed by atoms with Gasteiger partial charge in [0, 0.05) is 0 Å². The quantitative estimate of drug-likeness (QED) is 0.633. The Balaban J connectivity index is 3.35. The molecule has 0 saturated heterocycles. The molecule has 0 aromatic heterocycles. The second kappa shape index (κ2) is 3.21. The van der Waals surface area contributed by atoms with Crippen molar-refractivity contribution in [1.82, 2.24) is 0 Å². The maximum atomic E-state index is 12.7. The van der Waals surface area contributed by atoms with Crippen molar-refractivity contribution in [2.45, 2.75) is 0 Å². The molecule has 0 aliphatic rings. The van der Waals surface area contributed by atoms with Gasteiger partial charge >= 0.3 is 0 Å². The lowest BCUT2D eigenvalue weighted by molar-refractivity contribution is 0.621. The minimum absolute atomic E-state index is 0.193. The van der Waals surface area contributed by atoms with Gasteiger partial charge in [-0.25, -0.2) is 4.39 Å². The van der Waals surface area contributed by atoms with Crippen LogP contribution in [0, 0.1) is 17.1 Å². The van der Waals surface area contributed by atoms with Gasteiger partial charge in [-0.05, 0) is 28.1 Å². The van der Waals surface area contributed by atoms with Gasteiger partial charge in [-0.15, -0.1) is 0 Å². The molecular formula is C7H2BrClFN. The third-order valence-corrected chi connectivity index (χ3v) is 2.45. The third kappa shape index (κ3) is 1.70. The van der Waals surface area contributed by atoms with E-state index < -0.39 is 5.82 Å². The Labute approximate surface area is 76.5 Å². The van der Waals surface area contributed by atoms with Crippen molar-refractivity contribution in [3.63, 3.8) is 0 Å². The molecule has 11 heavy (non-hydrogen) atoms. The molecule has 1 rings (SSSR count). The van der Waals surface area contributed by atoms with E-state index >= 15 is 0 Å². The van der Waals surface area contributed by atoms with Crippen molar-refractivity contribution in [2.75, 3.05) is 0 Å². The predicted molar refractivity (Wildman–Crippen MR) is 43.8 cm³/mol. The maximum Gasteiger partial charge on any atom is 0.140 e. The molecule has 0 saturated carbocycles. The Kier molecular flexibility index (Phi) is 2.48. The molecule has 0 bridgehead atoms. The van der Waals surface area contributed by atoms with Crippen LogP contribution in [-0.2, 0) is 0 Å². The first-order valence-corrected chi connectivity index (χ1v) is 3.87. The first-order valence-electron chi connectivity index (χ1n) is 2.70. The van der Waals surface area contributed by atoms with Crippen LogP contribution in [0.15, 0.2) is 16.6 Å². The van der Waals surface area contributed by atoms with E-state index in [0.29, 0.717) is 0 Å². The van der Waals surface area contributed by atoms with Crippen molar-refractivity contribution in [2.24, 2.45) is 0 Å². The molecule has 0 unspecified atom stereocenters. The highest BCUT2D eigenvalue weighted by atomic mass is 79.9. The van der Waals surface area contributed by atoms with Crippen LogP contribution in [0.2, 0.25) is 5.02 Å². The number of rotatable bonds is 0. The summed E-state index contributed by atoms with van der Waals surface area (Å²) in [6.07, 6.45) is 0. The zero-order valence-corrected chi connectivity index (χ0v) is 7.58. The highest BCUT2D eigenvalue weighted by Gasteiger charge is 2.05. The normalized spacial score (nSPS) is 9.27. The van der Waals surface area contributed by atoms with Crippen molar-refractivity contribution in [3.05, 3.63) is 33.0 Å². The smallest absolute Gasteiger partial charge is 0.140 e. The van der Waals surface area contributed by atoms with Crippen LogP contribution in [0.3, 0.4) is 0 Å². The lowest BCUT2D eigenvalue weighted by Crippen LogP contribution is -1.81. The molecule has 0 aliphatic heterocycles. The van der Waals surface area contributed by atoms with Gasteiger partial charge in [-0.3, -0.25) is 0 Å². The fraction of sp³-hybridized carbons (Fsp3) is 0. The van der Waals surface area contributed by atoms with Crippen LogP contribution < -0.4 is 0 Å². The molecule has 0 fully saturated rings. The van der Waals surface area contributed by atoms with E-state index in [2.05, 4.69) is 15.9 Å². The molecule has 1 aromatic rings. The maximum absolute atomic E-state index is 12.7. The van der Waals surface area contributed by atoms with Crippen LogP contribution >= 0.6 is 27.5 Å². The van der Waals surface area contributed by atoms with Gasteiger partial charge in [0.15, 0.2) is 0 Å². The summed E-state index contributed by atoms with van der Waals surface area (Å²) in [4.78, 5) is 0. The average Bonchev–Trinajstić information content (AvgIpc) is 1.99. The summed E-state index contributed by atoms with van der Waals surface area (Å²) in [5.74, 6) is -0.519. The molecule has 0 atom stereocenters. The minimum Gasteiger partial charge on any atom is -0.206 e. The summed E-state index contributed by atoms with van der Waals surface area (Å²) in [5, 5.41) is 8.60. The van der Waals surface area contributed by atoms with Crippen molar-refractivity contribution in [3.8, 4) is 6.07 Å². The number of nitrogens with zero attached hydrogens (tertiary/aromatic N) is 1. The zero-order valence-electron chi connectivity index (χ0n) is 5.24. The van der Waals surface area contributed by atoms with E-state index in [4.69, 9.17) is 16.9 Å². The lowest BCUT2D eigenvalue weighted by Gasteiger charge is -1.96. The van der Waals surface area contributed by atoms with Gasteiger partial charge in [0.2, 0.25) is 0 Å². The van der Waals surface area contributed by atoms with E-state index in [1.165, 1.54) is 6.07 Å². The Morgan fingerprint density at radius 2 is 2.18 bits per heavy atom. The van der Waals surface area contributed by atoms with Gasteiger partial charge in [0.1, 0.15) is 5.82 Å². The summed E-state index contributed by atoms with van der Waals surface area (Å²) in [6, 6.07) is 4.31. The molecule has 0 amide bonds. The van der Waals surface area contributed by atoms with Crippen LogP contribution in [0.5, 0.6) is 0 Å². The van der Waals surface area contributed by atoms with Gasteiger partial charge in [-0.1, -0.05) is 11.6 Å². The van der Waals surface area contributed by atoms with E-state index in [9.17, 15) is 4.39 Å². The van der Waals surface area contributed by atoms with Crippen molar-refractivity contribution < 1.29 is 4.39 Å². The summed E-state index contributed by atoms with van der Waals surface area (Å²) < 4.78 is 12.9. The SMILES string of the molecule is N#Cc1cc(F)c(Br)c(Cl)c1. The number of hydrogen-bond donors (Lipinski definition) is 0. The molecule has 1 aromatic carbocycles. The highest BCUT2D eigenvalue weighted by Crippen LogP contribution is 2.26. The van der Waals surface area contributed by atoms with Crippen LogP contribution in [0.1, 0.15) is 5.56 Å². The average molecular weight is 234 g/mol. The number of benzene rings is 1. The van der Waals surface area contributed by atoms with Gasteiger partial charge in [-0.2, -0.15) is 5.26 Å². The van der Waals surface area contributed by atoms with Gasteiger partial charge in [0.05, 0.1) is 21.1 Å². The van der Waals surface area contributed by atoms with Crippen molar-refractivity contribution in [1.29, 1.82) is 5.26 Å². The molecule has 1 nitrogen and oxygen atoms in total. The standard InChI is InChI=1S/C7H2BrClFN/c8-7-5(9)1-4(3-11)2-6(7)10/h1-2H. The molecule has 0 N–H and O–H groups in total. The first-order chi connectivity index (χ1) is 5.15. The van der Waals surface area contributed by atoms with E-state index in [1.807, 2.05) is 0 Å². The fourth-order valence-electron chi connectivity index (χ4n) is 0.620. The fourth-order valence-corrected chi connectivity index (χ4v) is 1.06. The van der Waals surface area contributed by atoms with E-state index in [1.54, 1.807) is 6.07 Å². The topological polar surface area (TPSA) is 23.8 Å². The Hall–Kier alpha value is -0.590. The number of halogens is 3. The monoisotopic (exact) mass is 233 g/mol. The third-order valence-electron chi connectivity index (χ3n) is 1.11. The molecule has 0 aliphatic carbocycles. The number of nitriles is 1. The second-order valence-electron chi connectivity index (χ2n) is 1.87. The van der Waals surface area contributed by atoms with E-state index in [0.717, 1.165) is 6.07 Å². The molecule has 4 heteroatoms. The Morgan fingerprint density at radius 1 is 1.55 bits per heavy atom. The summed E-state index contributed by atoms with van der Waals surface area (Å²) in [5.41, 5.74) is 0.218.